The quantitative estimate of drug-likeness (QED) is 0.782. The number of furan rings is 1. The molecule has 0 aliphatic heterocycles. The Balaban J connectivity index is 1.88. The molecular weight excluding hydrogens is 316 g/mol. The number of benzene rings is 1. The molecule has 3 N–H and O–H groups in total. The molecule has 1 aromatic carbocycles. The fourth-order valence-corrected chi connectivity index (χ4v) is 2.27. The summed E-state index contributed by atoms with van der Waals surface area (Å²) in [6.45, 7) is 5.30. The largest absolute Gasteiger partial charge is 0.463 e. The van der Waals surface area contributed by atoms with Gasteiger partial charge in [0, 0.05) is 5.02 Å². The average Bonchev–Trinajstić information content (AvgIpc) is 2.93. The number of nitrogens with one attached hydrogen (secondary N) is 2. The van der Waals surface area contributed by atoms with Crippen molar-refractivity contribution in [2.45, 2.75) is 32.4 Å². The Bertz CT molecular complexity index is 665. The fraction of sp³-hybridized carbons (Fsp3) is 0.353. The van der Waals surface area contributed by atoms with Gasteiger partial charge in [0.25, 0.3) is 0 Å². The molecule has 6 heteroatoms. The van der Waals surface area contributed by atoms with Crippen LogP contribution in [0.3, 0.4) is 0 Å². The van der Waals surface area contributed by atoms with E-state index >= 15 is 0 Å². The summed E-state index contributed by atoms with van der Waals surface area (Å²) >= 11 is 5.85. The lowest BCUT2D eigenvalue weighted by molar-refractivity contribution is 0.0359. The lowest BCUT2D eigenvalue weighted by atomic mass is 10.0. The molecule has 0 saturated heterocycles. The summed E-state index contributed by atoms with van der Waals surface area (Å²) in [7, 11) is 0. The van der Waals surface area contributed by atoms with Crippen molar-refractivity contribution >= 4 is 17.6 Å². The van der Waals surface area contributed by atoms with E-state index in [1.54, 1.807) is 38.1 Å². The fourth-order valence-electron chi connectivity index (χ4n) is 2.15. The Morgan fingerprint density at radius 1 is 1.30 bits per heavy atom. The summed E-state index contributed by atoms with van der Waals surface area (Å²) in [5.41, 5.74) is -0.326. The third kappa shape index (κ3) is 4.74. The van der Waals surface area contributed by atoms with Crippen molar-refractivity contribution in [3.63, 3.8) is 0 Å². The second-order valence-corrected chi connectivity index (χ2v) is 6.22. The third-order valence-electron chi connectivity index (χ3n) is 3.58. The van der Waals surface area contributed by atoms with Crippen molar-refractivity contribution in [3.05, 3.63) is 58.5 Å². The second kappa shape index (κ2) is 7.06. The van der Waals surface area contributed by atoms with E-state index in [-0.39, 0.29) is 18.6 Å². The minimum absolute atomic E-state index is 0.0408. The van der Waals surface area contributed by atoms with Crippen LogP contribution in [0, 0.1) is 6.92 Å². The zero-order chi connectivity index (χ0) is 17.0. The van der Waals surface area contributed by atoms with Crippen LogP contribution in [0.15, 0.2) is 40.8 Å². The topological polar surface area (TPSA) is 74.5 Å². The van der Waals surface area contributed by atoms with Crippen molar-refractivity contribution in [1.29, 1.82) is 0 Å². The first-order valence-corrected chi connectivity index (χ1v) is 7.75. The average molecular weight is 337 g/mol. The molecule has 1 aromatic heterocycles. The number of aliphatic hydroxyl groups is 1. The predicted molar refractivity (Wildman–Crippen MR) is 89.4 cm³/mol. The molecule has 0 aliphatic rings. The number of amides is 2. The highest BCUT2D eigenvalue weighted by molar-refractivity contribution is 6.30. The number of aryl methyl sites for hydroxylation is 1. The molecular formula is C17H21ClN2O3. The van der Waals surface area contributed by atoms with E-state index in [1.165, 1.54) is 0 Å². The highest BCUT2D eigenvalue weighted by atomic mass is 35.5. The molecule has 0 spiro atoms. The zero-order valence-electron chi connectivity index (χ0n) is 13.4. The van der Waals surface area contributed by atoms with Crippen LogP contribution in [0.2, 0.25) is 5.02 Å². The minimum Gasteiger partial charge on any atom is -0.463 e. The van der Waals surface area contributed by atoms with Crippen LogP contribution in [0.25, 0.3) is 0 Å². The lowest BCUT2D eigenvalue weighted by Crippen LogP contribution is -2.44. The van der Waals surface area contributed by atoms with E-state index in [0.29, 0.717) is 16.5 Å². The monoisotopic (exact) mass is 336 g/mol. The minimum atomic E-state index is -1.27. The Kier molecular flexibility index (Phi) is 5.34. The van der Waals surface area contributed by atoms with Gasteiger partial charge in [-0.3, -0.25) is 0 Å². The van der Waals surface area contributed by atoms with Gasteiger partial charge in [-0.15, -0.1) is 0 Å². The smallest absolute Gasteiger partial charge is 0.315 e. The summed E-state index contributed by atoms with van der Waals surface area (Å²) in [6.07, 6.45) is 0. The number of urea groups is 1. The first kappa shape index (κ1) is 17.4. The highest BCUT2D eigenvalue weighted by Gasteiger charge is 2.27. The highest BCUT2D eigenvalue weighted by Crippen LogP contribution is 2.22. The maximum atomic E-state index is 12.0. The predicted octanol–water partition coefficient (Wildman–Crippen LogP) is 3.51. The van der Waals surface area contributed by atoms with Crippen molar-refractivity contribution in [1.82, 2.24) is 10.6 Å². The molecule has 2 atom stereocenters. The van der Waals surface area contributed by atoms with Crippen molar-refractivity contribution < 1.29 is 14.3 Å². The number of halogens is 1. The van der Waals surface area contributed by atoms with Crippen LogP contribution in [-0.4, -0.2) is 17.7 Å². The van der Waals surface area contributed by atoms with Gasteiger partial charge >= 0.3 is 6.03 Å². The molecule has 0 radical (unpaired) electrons. The van der Waals surface area contributed by atoms with E-state index in [2.05, 4.69) is 10.6 Å². The molecule has 2 amide bonds. The Hall–Kier alpha value is -1.98. The van der Waals surface area contributed by atoms with Gasteiger partial charge in [0.15, 0.2) is 0 Å². The van der Waals surface area contributed by atoms with E-state index in [4.69, 9.17) is 16.0 Å². The van der Waals surface area contributed by atoms with Gasteiger partial charge in [0.05, 0.1) is 12.6 Å². The van der Waals surface area contributed by atoms with Crippen LogP contribution in [0.5, 0.6) is 0 Å². The SMILES string of the molecule is Cc1ccc(C(C)(O)CNC(=O)NC(C)c2ccc(Cl)cc2)o1. The normalized spacial score (nSPS) is 14.8. The van der Waals surface area contributed by atoms with Crippen molar-refractivity contribution in [2.75, 3.05) is 6.54 Å². The van der Waals surface area contributed by atoms with Gasteiger partial charge in [0.1, 0.15) is 17.1 Å². The summed E-state index contributed by atoms with van der Waals surface area (Å²) in [6, 6.07) is 10.2. The van der Waals surface area contributed by atoms with Gasteiger partial charge in [-0.1, -0.05) is 23.7 Å². The lowest BCUT2D eigenvalue weighted by Gasteiger charge is -2.22. The molecule has 0 bridgehead atoms. The van der Waals surface area contributed by atoms with Crippen LogP contribution >= 0.6 is 11.6 Å². The molecule has 0 saturated carbocycles. The van der Waals surface area contributed by atoms with Gasteiger partial charge in [-0.05, 0) is 50.6 Å². The number of hydrogen-bond acceptors (Lipinski definition) is 3. The number of carbonyl (C=O) groups is 1. The first-order chi connectivity index (χ1) is 10.8. The second-order valence-electron chi connectivity index (χ2n) is 5.78. The molecule has 0 fully saturated rings. The number of rotatable bonds is 5. The maximum Gasteiger partial charge on any atom is 0.315 e. The van der Waals surface area contributed by atoms with Crippen molar-refractivity contribution in [2.24, 2.45) is 0 Å². The van der Waals surface area contributed by atoms with Crippen molar-refractivity contribution in [3.8, 4) is 0 Å². The molecule has 2 aromatic rings. The Morgan fingerprint density at radius 2 is 1.96 bits per heavy atom. The maximum absolute atomic E-state index is 12.0. The number of hydrogen-bond donors (Lipinski definition) is 3. The van der Waals surface area contributed by atoms with Gasteiger partial charge in [0.2, 0.25) is 0 Å². The Labute approximate surface area is 140 Å². The molecule has 2 unspecified atom stereocenters. The van der Waals surface area contributed by atoms with Crippen LogP contribution in [-0.2, 0) is 5.60 Å². The van der Waals surface area contributed by atoms with Crippen LogP contribution < -0.4 is 10.6 Å². The van der Waals surface area contributed by atoms with E-state index in [9.17, 15) is 9.90 Å². The molecule has 5 nitrogen and oxygen atoms in total. The standard InChI is InChI=1S/C17H21ClN2O3/c1-11-4-9-15(23-11)17(3,22)10-19-16(21)20-12(2)13-5-7-14(18)8-6-13/h4-9,12,22H,10H2,1-3H3,(H2,19,20,21). The summed E-state index contributed by atoms with van der Waals surface area (Å²) in [5.74, 6) is 1.13. The molecule has 124 valence electrons. The van der Waals surface area contributed by atoms with E-state index in [1.807, 2.05) is 19.1 Å². The molecule has 2 rings (SSSR count). The van der Waals surface area contributed by atoms with E-state index in [0.717, 1.165) is 5.56 Å². The van der Waals surface area contributed by atoms with Gasteiger partial charge in [-0.25, -0.2) is 4.79 Å². The van der Waals surface area contributed by atoms with E-state index < -0.39 is 5.60 Å². The summed E-state index contributed by atoms with van der Waals surface area (Å²) in [4.78, 5) is 12.0. The van der Waals surface area contributed by atoms with Crippen LogP contribution in [0.4, 0.5) is 4.79 Å². The molecule has 0 aliphatic carbocycles. The van der Waals surface area contributed by atoms with Gasteiger partial charge < -0.3 is 20.2 Å². The number of carbonyl (C=O) groups excluding carboxylic acids is 1. The molecule has 1 heterocycles. The summed E-state index contributed by atoms with van der Waals surface area (Å²) < 4.78 is 5.41. The molecule has 23 heavy (non-hydrogen) atoms. The zero-order valence-corrected chi connectivity index (χ0v) is 14.1. The summed E-state index contributed by atoms with van der Waals surface area (Å²) in [5, 5.41) is 16.5. The third-order valence-corrected chi connectivity index (χ3v) is 3.83. The first-order valence-electron chi connectivity index (χ1n) is 7.37. The Morgan fingerprint density at radius 3 is 2.52 bits per heavy atom. The van der Waals surface area contributed by atoms with Crippen LogP contribution in [0.1, 0.15) is 37.0 Å². The van der Waals surface area contributed by atoms with Gasteiger partial charge in [-0.2, -0.15) is 0 Å².